The molecule has 3 rings (SSSR count). The summed E-state index contributed by atoms with van der Waals surface area (Å²) < 4.78 is 15.0. The minimum atomic E-state index is -0.239. The van der Waals surface area contributed by atoms with Gasteiger partial charge in [0.25, 0.3) is 0 Å². The highest BCUT2D eigenvalue weighted by Crippen LogP contribution is 2.22. The number of aryl methyl sites for hydroxylation is 3. The normalized spacial score (nSPS) is 10.7. The standard InChI is InChI=1S/C21H23FN4S/c1-13-5-10-19(14(2)11-13)23-21(27)24-20-15(3)25-26(16(20)4)12-17-6-8-18(22)9-7-17/h5-11H,12H2,1-4H3,(H2,23,24,27). The van der Waals surface area contributed by atoms with E-state index in [2.05, 4.69) is 41.7 Å². The van der Waals surface area contributed by atoms with E-state index in [1.807, 2.05) is 24.6 Å². The van der Waals surface area contributed by atoms with Crippen molar-refractivity contribution in [1.82, 2.24) is 9.78 Å². The van der Waals surface area contributed by atoms with E-state index in [4.69, 9.17) is 12.2 Å². The van der Waals surface area contributed by atoms with Gasteiger partial charge in [-0.1, -0.05) is 29.8 Å². The van der Waals surface area contributed by atoms with E-state index in [1.54, 1.807) is 12.1 Å². The predicted octanol–water partition coefficient (Wildman–Crippen LogP) is 5.11. The summed E-state index contributed by atoms with van der Waals surface area (Å²) in [5.41, 5.74) is 7.04. The second-order valence-corrected chi connectivity index (χ2v) is 7.14. The average Bonchev–Trinajstić information content (AvgIpc) is 2.87. The topological polar surface area (TPSA) is 41.9 Å². The maximum atomic E-state index is 13.1. The molecule has 27 heavy (non-hydrogen) atoms. The molecule has 0 spiro atoms. The van der Waals surface area contributed by atoms with Crippen LogP contribution in [0, 0.1) is 33.5 Å². The molecule has 0 aliphatic heterocycles. The SMILES string of the molecule is Cc1ccc(NC(=S)Nc2c(C)nn(Cc3ccc(F)cc3)c2C)c(C)c1. The van der Waals surface area contributed by atoms with Gasteiger partial charge in [0.1, 0.15) is 5.82 Å². The lowest BCUT2D eigenvalue weighted by molar-refractivity contribution is 0.622. The van der Waals surface area contributed by atoms with E-state index in [-0.39, 0.29) is 5.82 Å². The molecular formula is C21H23FN4S. The van der Waals surface area contributed by atoms with Gasteiger partial charge in [-0.3, -0.25) is 4.68 Å². The van der Waals surface area contributed by atoms with Crippen molar-refractivity contribution >= 4 is 28.7 Å². The number of benzene rings is 2. The Hall–Kier alpha value is -2.73. The van der Waals surface area contributed by atoms with Crippen molar-refractivity contribution in [1.29, 1.82) is 0 Å². The summed E-state index contributed by atoms with van der Waals surface area (Å²) >= 11 is 5.48. The maximum absolute atomic E-state index is 13.1. The smallest absolute Gasteiger partial charge is 0.175 e. The van der Waals surface area contributed by atoms with Crippen molar-refractivity contribution in [2.75, 3.05) is 10.6 Å². The summed E-state index contributed by atoms with van der Waals surface area (Å²) in [6.45, 7) is 8.62. The van der Waals surface area contributed by atoms with Crippen LogP contribution in [0.5, 0.6) is 0 Å². The molecule has 2 aromatic carbocycles. The number of hydrogen-bond donors (Lipinski definition) is 2. The zero-order valence-corrected chi connectivity index (χ0v) is 16.7. The summed E-state index contributed by atoms with van der Waals surface area (Å²) in [4.78, 5) is 0. The minimum Gasteiger partial charge on any atom is -0.332 e. The molecule has 0 atom stereocenters. The molecule has 0 unspecified atom stereocenters. The highest BCUT2D eigenvalue weighted by atomic mass is 32.1. The summed E-state index contributed by atoms with van der Waals surface area (Å²) in [5.74, 6) is -0.239. The van der Waals surface area contributed by atoms with Crippen molar-refractivity contribution in [3.63, 3.8) is 0 Å². The number of thiocarbonyl (C=S) groups is 1. The van der Waals surface area contributed by atoms with Gasteiger partial charge < -0.3 is 10.6 Å². The largest absolute Gasteiger partial charge is 0.332 e. The number of halogens is 1. The Kier molecular flexibility index (Phi) is 5.56. The number of nitrogens with one attached hydrogen (secondary N) is 2. The van der Waals surface area contributed by atoms with Crippen LogP contribution >= 0.6 is 12.2 Å². The predicted molar refractivity (Wildman–Crippen MR) is 113 cm³/mol. The molecule has 2 N–H and O–H groups in total. The lowest BCUT2D eigenvalue weighted by Gasteiger charge is -2.13. The van der Waals surface area contributed by atoms with Gasteiger partial charge >= 0.3 is 0 Å². The zero-order valence-electron chi connectivity index (χ0n) is 15.9. The van der Waals surface area contributed by atoms with Gasteiger partial charge in [0.2, 0.25) is 0 Å². The van der Waals surface area contributed by atoms with Crippen molar-refractivity contribution in [2.45, 2.75) is 34.2 Å². The molecule has 0 fully saturated rings. The van der Waals surface area contributed by atoms with Crippen LogP contribution in [-0.2, 0) is 6.54 Å². The molecule has 6 heteroatoms. The first-order valence-corrected chi connectivity index (χ1v) is 9.18. The summed E-state index contributed by atoms with van der Waals surface area (Å²) in [5, 5.41) is 11.6. The molecule has 1 aromatic heterocycles. The van der Waals surface area contributed by atoms with Gasteiger partial charge in [-0.2, -0.15) is 5.10 Å². The molecule has 0 aliphatic rings. The average molecular weight is 383 g/mol. The van der Waals surface area contributed by atoms with E-state index in [9.17, 15) is 4.39 Å². The van der Waals surface area contributed by atoms with Crippen molar-refractivity contribution in [3.05, 3.63) is 76.4 Å². The Morgan fingerprint density at radius 3 is 2.41 bits per heavy atom. The van der Waals surface area contributed by atoms with Gasteiger partial charge in [-0.15, -0.1) is 0 Å². The second-order valence-electron chi connectivity index (χ2n) is 6.73. The van der Waals surface area contributed by atoms with Crippen LogP contribution in [0.25, 0.3) is 0 Å². The third kappa shape index (κ3) is 4.52. The maximum Gasteiger partial charge on any atom is 0.175 e. The van der Waals surface area contributed by atoms with Crippen LogP contribution in [-0.4, -0.2) is 14.9 Å². The Morgan fingerprint density at radius 1 is 1.04 bits per heavy atom. The van der Waals surface area contributed by atoms with Crippen LogP contribution in [0.2, 0.25) is 0 Å². The third-order valence-corrected chi connectivity index (χ3v) is 4.70. The lowest BCUT2D eigenvalue weighted by atomic mass is 10.1. The fraction of sp³-hybridized carbons (Fsp3) is 0.238. The first-order valence-electron chi connectivity index (χ1n) is 8.77. The minimum absolute atomic E-state index is 0.239. The van der Waals surface area contributed by atoms with E-state index in [1.165, 1.54) is 17.7 Å². The van der Waals surface area contributed by atoms with Crippen LogP contribution in [0.15, 0.2) is 42.5 Å². The highest BCUT2D eigenvalue weighted by Gasteiger charge is 2.13. The van der Waals surface area contributed by atoms with Gasteiger partial charge in [0, 0.05) is 5.69 Å². The number of rotatable bonds is 4. The van der Waals surface area contributed by atoms with Gasteiger partial charge in [-0.05, 0) is 69.2 Å². The van der Waals surface area contributed by atoms with Gasteiger partial charge in [0.15, 0.2) is 5.11 Å². The number of hydrogen-bond acceptors (Lipinski definition) is 2. The fourth-order valence-corrected chi connectivity index (χ4v) is 3.23. The number of aromatic nitrogens is 2. The van der Waals surface area contributed by atoms with Gasteiger partial charge in [0.05, 0.1) is 23.6 Å². The summed E-state index contributed by atoms with van der Waals surface area (Å²) in [6, 6.07) is 12.6. The molecular weight excluding hydrogens is 359 g/mol. The van der Waals surface area contributed by atoms with E-state index < -0.39 is 0 Å². The Balaban J connectivity index is 1.74. The molecule has 140 valence electrons. The first-order chi connectivity index (χ1) is 12.8. The first kappa shape index (κ1) is 19.0. The van der Waals surface area contributed by atoms with Gasteiger partial charge in [-0.25, -0.2) is 4.39 Å². The Labute approximate surface area is 164 Å². The highest BCUT2D eigenvalue weighted by molar-refractivity contribution is 7.80. The number of nitrogens with zero attached hydrogens (tertiary/aromatic N) is 2. The second kappa shape index (κ2) is 7.88. The Bertz CT molecular complexity index is 977. The van der Waals surface area contributed by atoms with E-state index in [0.717, 1.165) is 33.9 Å². The van der Waals surface area contributed by atoms with E-state index >= 15 is 0 Å². The van der Waals surface area contributed by atoms with Crippen molar-refractivity contribution in [2.24, 2.45) is 0 Å². The van der Waals surface area contributed by atoms with Crippen LogP contribution in [0.4, 0.5) is 15.8 Å². The van der Waals surface area contributed by atoms with E-state index in [0.29, 0.717) is 11.7 Å². The van der Waals surface area contributed by atoms with Crippen LogP contribution < -0.4 is 10.6 Å². The van der Waals surface area contributed by atoms with Crippen molar-refractivity contribution in [3.8, 4) is 0 Å². The van der Waals surface area contributed by atoms with Crippen LogP contribution in [0.1, 0.15) is 28.1 Å². The molecule has 4 nitrogen and oxygen atoms in total. The molecule has 0 radical (unpaired) electrons. The molecule has 3 aromatic rings. The number of anilines is 2. The summed E-state index contributed by atoms with van der Waals surface area (Å²) in [7, 11) is 0. The quantitative estimate of drug-likeness (QED) is 0.615. The third-order valence-electron chi connectivity index (χ3n) is 4.50. The zero-order chi connectivity index (χ0) is 19.6. The summed E-state index contributed by atoms with van der Waals surface area (Å²) in [6.07, 6.45) is 0. The molecule has 0 saturated heterocycles. The molecule has 0 aliphatic carbocycles. The molecule has 1 heterocycles. The molecule has 0 bridgehead atoms. The van der Waals surface area contributed by atoms with Crippen molar-refractivity contribution < 1.29 is 4.39 Å². The lowest BCUT2D eigenvalue weighted by Crippen LogP contribution is -2.20. The molecule has 0 saturated carbocycles. The van der Waals surface area contributed by atoms with Crippen LogP contribution in [0.3, 0.4) is 0 Å². The molecule has 0 amide bonds. The fourth-order valence-electron chi connectivity index (χ4n) is 3.02. The monoisotopic (exact) mass is 382 g/mol. The Morgan fingerprint density at radius 2 is 1.74 bits per heavy atom.